The number of halogens is 2. The van der Waals surface area contributed by atoms with Crippen LogP contribution < -0.4 is 5.32 Å². The van der Waals surface area contributed by atoms with Crippen molar-refractivity contribution in [1.82, 2.24) is 5.32 Å². The summed E-state index contributed by atoms with van der Waals surface area (Å²) in [5.74, 6) is -3.67. The van der Waals surface area contributed by atoms with Gasteiger partial charge >= 0.3 is 0 Å². The highest BCUT2D eigenvalue weighted by Gasteiger charge is 2.43. The molecule has 1 unspecified atom stereocenters. The third kappa shape index (κ3) is 2.23. The molecular formula is C11H13F2NO2. The van der Waals surface area contributed by atoms with E-state index in [0.717, 1.165) is 0 Å². The van der Waals surface area contributed by atoms with Crippen LogP contribution in [0.5, 0.6) is 0 Å². The maximum absolute atomic E-state index is 13.2. The molecule has 16 heavy (non-hydrogen) atoms. The van der Waals surface area contributed by atoms with Crippen molar-refractivity contribution in [2.24, 2.45) is 5.92 Å². The molecule has 5 heteroatoms. The van der Waals surface area contributed by atoms with Crippen molar-refractivity contribution in [2.75, 3.05) is 6.54 Å². The van der Waals surface area contributed by atoms with Crippen molar-refractivity contribution in [1.29, 1.82) is 0 Å². The van der Waals surface area contributed by atoms with Gasteiger partial charge in [-0.2, -0.15) is 0 Å². The van der Waals surface area contributed by atoms with E-state index in [4.69, 9.17) is 4.42 Å². The molecule has 1 aromatic heterocycles. The van der Waals surface area contributed by atoms with Crippen molar-refractivity contribution in [3.05, 3.63) is 24.2 Å². The van der Waals surface area contributed by atoms with Gasteiger partial charge in [0.2, 0.25) is 0 Å². The van der Waals surface area contributed by atoms with Crippen LogP contribution in [0.15, 0.2) is 22.8 Å². The highest BCUT2D eigenvalue weighted by molar-refractivity contribution is 5.91. The van der Waals surface area contributed by atoms with Crippen LogP contribution in [0.1, 0.15) is 29.8 Å². The second-order valence-electron chi connectivity index (χ2n) is 4.04. The van der Waals surface area contributed by atoms with Gasteiger partial charge in [-0.25, -0.2) is 8.78 Å². The van der Waals surface area contributed by atoms with E-state index in [1.165, 1.54) is 12.3 Å². The van der Waals surface area contributed by atoms with E-state index in [-0.39, 0.29) is 18.7 Å². The van der Waals surface area contributed by atoms with E-state index < -0.39 is 17.7 Å². The molecule has 1 N–H and O–H groups in total. The minimum atomic E-state index is -2.64. The lowest BCUT2D eigenvalue weighted by Gasteiger charge is -2.18. The zero-order valence-corrected chi connectivity index (χ0v) is 8.71. The molecule has 1 atom stereocenters. The summed E-state index contributed by atoms with van der Waals surface area (Å²) < 4.78 is 31.3. The molecule has 0 aromatic carbocycles. The SMILES string of the molecule is O=C(NCC1CCCC1(F)F)c1ccco1. The highest BCUT2D eigenvalue weighted by Crippen LogP contribution is 2.39. The number of carbonyl (C=O) groups excluding carboxylic acids is 1. The first-order valence-electron chi connectivity index (χ1n) is 5.29. The van der Waals surface area contributed by atoms with E-state index in [1.54, 1.807) is 6.07 Å². The normalized spacial score (nSPS) is 23.2. The van der Waals surface area contributed by atoms with Crippen molar-refractivity contribution >= 4 is 5.91 Å². The summed E-state index contributed by atoms with van der Waals surface area (Å²) in [4.78, 5) is 11.4. The lowest BCUT2D eigenvalue weighted by atomic mass is 10.1. The Labute approximate surface area is 91.8 Å². The Balaban J connectivity index is 1.86. The van der Waals surface area contributed by atoms with E-state index in [1.807, 2.05) is 0 Å². The van der Waals surface area contributed by atoms with Gasteiger partial charge in [0, 0.05) is 18.9 Å². The fraction of sp³-hybridized carbons (Fsp3) is 0.545. The minimum absolute atomic E-state index is 0.00648. The molecule has 1 amide bonds. The number of rotatable bonds is 3. The highest BCUT2D eigenvalue weighted by atomic mass is 19.3. The molecule has 1 fully saturated rings. The van der Waals surface area contributed by atoms with E-state index in [0.29, 0.717) is 12.8 Å². The number of hydrogen-bond donors (Lipinski definition) is 1. The van der Waals surface area contributed by atoms with E-state index in [9.17, 15) is 13.6 Å². The monoisotopic (exact) mass is 229 g/mol. The predicted molar refractivity (Wildman–Crippen MR) is 53.3 cm³/mol. The molecule has 1 aliphatic carbocycles. The lowest BCUT2D eigenvalue weighted by molar-refractivity contribution is -0.0352. The second kappa shape index (κ2) is 4.23. The molecule has 1 aliphatic rings. The van der Waals surface area contributed by atoms with Crippen molar-refractivity contribution in [3.63, 3.8) is 0 Å². The van der Waals surface area contributed by atoms with E-state index >= 15 is 0 Å². The molecule has 0 saturated heterocycles. The number of carbonyl (C=O) groups is 1. The number of hydrogen-bond acceptors (Lipinski definition) is 2. The van der Waals surface area contributed by atoms with Gasteiger partial charge in [-0.15, -0.1) is 0 Å². The number of amides is 1. The Morgan fingerprint density at radius 3 is 3.00 bits per heavy atom. The molecule has 0 bridgehead atoms. The van der Waals surface area contributed by atoms with Gasteiger partial charge in [0.25, 0.3) is 11.8 Å². The van der Waals surface area contributed by atoms with Crippen LogP contribution in [0, 0.1) is 5.92 Å². The summed E-state index contributed by atoms with van der Waals surface area (Å²) in [6, 6.07) is 3.08. The summed E-state index contributed by atoms with van der Waals surface area (Å²) in [5, 5.41) is 2.47. The Morgan fingerprint density at radius 1 is 1.62 bits per heavy atom. The zero-order valence-electron chi connectivity index (χ0n) is 8.71. The molecule has 0 aliphatic heterocycles. The molecule has 0 radical (unpaired) electrons. The Morgan fingerprint density at radius 2 is 2.44 bits per heavy atom. The van der Waals surface area contributed by atoms with Crippen LogP contribution >= 0.6 is 0 Å². The average molecular weight is 229 g/mol. The number of nitrogens with one attached hydrogen (secondary N) is 1. The smallest absolute Gasteiger partial charge is 0.286 e. The number of alkyl halides is 2. The third-order valence-electron chi connectivity index (χ3n) is 2.91. The fourth-order valence-electron chi connectivity index (χ4n) is 1.96. The summed E-state index contributed by atoms with van der Waals surface area (Å²) in [6.45, 7) is 0.00648. The second-order valence-corrected chi connectivity index (χ2v) is 4.04. The summed E-state index contributed by atoms with van der Waals surface area (Å²) in [5.41, 5.74) is 0. The fourth-order valence-corrected chi connectivity index (χ4v) is 1.96. The largest absolute Gasteiger partial charge is 0.459 e. The maximum atomic E-state index is 13.2. The molecule has 88 valence electrons. The van der Waals surface area contributed by atoms with Gasteiger partial charge < -0.3 is 9.73 Å². The van der Waals surface area contributed by atoms with Gasteiger partial charge in [0.15, 0.2) is 5.76 Å². The molecule has 3 nitrogen and oxygen atoms in total. The van der Waals surface area contributed by atoms with Crippen molar-refractivity contribution in [3.8, 4) is 0 Å². The van der Waals surface area contributed by atoms with Gasteiger partial charge in [-0.1, -0.05) is 0 Å². The van der Waals surface area contributed by atoms with Gasteiger partial charge in [-0.05, 0) is 25.0 Å². The van der Waals surface area contributed by atoms with Crippen LogP contribution in [0.3, 0.4) is 0 Å². The van der Waals surface area contributed by atoms with Crippen molar-refractivity contribution in [2.45, 2.75) is 25.2 Å². The Hall–Kier alpha value is -1.39. The standard InChI is InChI=1S/C11H13F2NO2/c12-11(13)5-1-3-8(11)7-14-10(15)9-4-2-6-16-9/h2,4,6,8H,1,3,5,7H2,(H,14,15). The predicted octanol–water partition coefficient (Wildman–Crippen LogP) is 2.44. The molecule has 2 rings (SSSR count). The first kappa shape index (κ1) is 11.1. The topological polar surface area (TPSA) is 42.2 Å². The quantitative estimate of drug-likeness (QED) is 0.865. The van der Waals surface area contributed by atoms with Crippen LogP contribution in [0.25, 0.3) is 0 Å². The van der Waals surface area contributed by atoms with Crippen LogP contribution in [0.4, 0.5) is 8.78 Å². The first-order chi connectivity index (χ1) is 7.59. The summed E-state index contributed by atoms with van der Waals surface area (Å²) >= 11 is 0. The van der Waals surface area contributed by atoms with Crippen LogP contribution in [0.2, 0.25) is 0 Å². The Bertz CT molecular complexity index is 362. The van der Waals surface area contributed by atoms with Gasteiger partial charge in [0.05, 0.1) is 6.26 Å². The molecule has 1 saturated carbocycles. The van der Waals surface area contributed by atoms with Gasteiger partial charge in [-0.3, -0.25) is 4.79 Å². The first-order valence-corrected chi connectivity index (χ1v) is 5.29. The number of furan rings is 1. The molecule has 1 heterocycles. The average Bonchev–Trinajstić information content (AvgIpc) is 2.83. The minimum Gasteiger partial charge on any atom is -0.459 e. The molecular weight excluding hydrogens is 216 g/mol. The molecule has 1 aromatic rings. The van der Waals surface area contributed by atoms with E-state index in [2.05, 4.69) is 5.32 Å². The van der Waals surface area contributed by atoms with Gasteiger partial charge in [0.1, 0.15) is 0 Å². The Kier molecular flexibility index (Phi) is 2.94. The zero-order chi connectivity index (χ0) is 11.6. The van der Waals surface area contributed by atoms with Crippen molar-refractivity contribution < 1.29 is 18.0 Å². The maximum Gasteiger partial charge on any atom is 0.286 e. The van der Waals surface area contributed by atoms with Crippen LogP contribution in [-0.2, 0) is 0 Å². The third-order valence-corrected chi connectivity index (χ3v) is 2.91. The molecule has 0 spiro atoms. The lowest BCUT2D eigenvalue weighted by Crippen LogP contribution is -2.35. The summed E-state index contributed by atoms with van der Waals surface area (Å²) in [6.07, 6.45) is 2.28. The van der Waals surface area contributed by atoms with Crippen LogP contribution in [-0.4, -0.2) is 18.4 Å². The summed E-state index contributed by atoms with van der Waals surface area (Å²) in [7, 11) is 0.